The van der Waals surface area contributed by atoms with E-state index in [2.05, 4.69) is 52.5 Å². The summed E-state index contributed by atoms with van der Waals surface area (Å²) in [5, 5.41) is 1.26. The van der Waals surface area contributed by atoms with Crippen LogP contribution in [0.2, 0.25) is 0 Å². The number of hydrogen-bond acceptors (Lipinski definition) is 5. The van der Waals surface area contributed by atoms with Crippen molar-refractivity contribution in [3.8, 4) is 0 Å². The summed E-state index contributed by atoms with van der Waals surface area (Å²) in [6.45, 7) is 11.7. The molecule has 1 amide bonds. The third-order valence-corrected chi connectivity index (χ3v) is 7.25. The van der Waals surface area contributed by atoms with Gasteiger partial charge in [0.05, 0.1) is 4.70 Å². The molecule has 4 heterocycles. The molecule has 2 aliphatic rings. The summed E-state index contributed by atoms with van der Waals surface area (Å²) in [7, 11) is 0. The van der Waals surface area contributed by atoms with Gasteiger partial charge >= 0.3 is 0 Å². The Morgan fingerprint density at radius 3 is 2.62 bits per heavy atom. The number of nitrogens with zero attached hydrogens (tertiary/aromatic N) is 5. The maximum atomic E-state index is 12.9. The van der Waals surface area contributed by atoms with Gasteiger partial charge in [-0.2, -0.15) is 4.37 Å². The van der Waals surface area contributed by atoms with Crippen LogP contribution in [-0.2, 0) is 6.54 Å². The molecule has 0 radical (unpaired) electrons. The van der Waals surface area contributed by atoms with Gasteiger partial charge in [0.25, 0.3) is 5.91 Å². The number of benzene rings is 1. The van der Waals surface area contributed by atoms with Crippen LogP contribution in [0.4, 0.5) is 5.82 Å². The van der Waals surface area contributed by atoms with E-state index >= 15 is 0 Å². The summed E-state index contributed by atoms with van der Waals surface area (Å²) in [4.78, 5) is 19.8. The summed E-state index contributed by atoms with van der Waals surface area (Å²) in [5.74, 6) is 1.31. The van der Waals surface area contributed by atoms with Crippen molar-refractivity contribution in [2.24, 2.45) is 0 Å². The van der Waals surface area contributed by atoms with E-state index < -0.39 is 0 Å². The summed E-state index contributed by atoms with van der Waals surface area (Å²) in [5.41, 5.74) is 3.28. The fraction of sp³-hybridized carbons (Fsp3) is 0.455. The number of amides is 1. The Balaban J connectivity index is 1.17. The molecular weight excluding hydrogens is 382 g/mol. The Morgan fingerprint density at radius 1 is 1.00 bits per heavy atom. The molecule has 1 saturated heterocycles. The van der Waals surface area contributed by atoms with Crippen LogP contribution in [0.15, 0.2) is 30.3 Å². The highest BCUT2D eigenvalue weighted by atomic mass is 32.1. The van der Waals surface area contributed by atoms with E-state index in [-0.39, 0.29) is 5.91 Å². The number of carbonyl (C=O) groups is 1. The van der Waals surface area contributed by atoms with E-state index in [1.54, 1.807) is 11.5 Å². The number of aryl methyl sites for hydroxylation is 1. The molecule has 1 aromatic carbocycles. The molecule has 0 N–H and O–H groups in total. The second-order valence-electron chi connectivity index (χ2n) is 8.07. The van der Waals surface area contributed by atoms with E-state index in [0.29, 0.717) is 0 Å². The first-order valence-corrected chi connectivity index (χ1v) is 11.2. The molecule has 3 aromatic rings. The van der Waals surface area contributed by atoms with Gasteiger partial charge in [-0.3, -0.25) is 9.69 Å². The normalized spacial score (nSPS) is 17.9. The quantitative estimate of drug-likeness (QED) is 0.665. The second-order valence-corrected chi connectivity index (χ2v) is 8.88. The maximum absolute atomic E-state index is 12.9. The molecule has 7 heteroatoms. The monoisotopic (exact) mass is 409 g/mol. The molecule has 1 fully saturated rings. The lowest BCUT2D eigenvalue weighted by Gasteiger charge is -2.37. The lowest BCUT2D eigenvalue weighted by atomic mass is 10.2. The summed E-state index contributed by atoms with van der Waals surface area (Å²) in [6.07, 6.45) is 0. The maximum Gasteiger partial charge on any atom is 0.270 e. The molecule has 2 aromatic heterocycles. The van der Waals surface area contributed by atoms with E-state index in [0.717, 1.165) is 63.9 Å². The van der Waals surface area contributed by atoms with Crippen LogP contribution >= 0.6 is 11.5 Å². The van der Waals surface area contributed by atoms with E-state index in [9.17, 15) is 4.79 Å². The zero-order chi connectivity index (χ0) is 20.0. The standard InChI is InChI=1S/C22H27N5OS/c1-16-15-19-22(28)26(13-14-27(19)17(16)2)12-9-24-7-10-25(11-8-24)21-18-5-3-4-6-20(18)29-23-21/h3-6,15H,7-14H2,1-2H3. The van der Waals surface area contributed by atoms with Gasteiger partial charge in [0.1, 0.15) is 11.5 Å². The zero-order valence-corrected chi connectivity index (χ0v) is 17.9. The van der Waals surface area contributed by atoms with E-state index in [4.69, 9.17) is 4.37 Å². The van der Waals surface area contributed by atoms with Crippen LogP contribution in [0.25, 0.3) is 10.1 Å². The minimum atomic E-state index is 0.181. The first-order valence-electron chi connectivity index (χ1n) is 10.4. The zero-order valence-electron chi connectivity index (χ0n) is 17.1. The largest absolute Gasteiger partial charge is 0.353 e. The van der Waals surface area contributed by atoms with Crippen molar-refractivity contribution in [3.63, 3.8) is 0 Å². The molecule has 0 atom stereocenters. The third kappa shape index (κ3) is 3.32. The van der Waals surface area contributed by atoms with Crippen LogP contribution in [0.1, 0.15) is 21.7 Å². The van der Waals surface area contributed by atoms with Crippen LogP contribution in [0, 0.1) is 13.8 Å². The molecule has 0 aliphatic carbocycles. The lowest BCUT2D eigenvalue weighted by molar-refractivity contribution is 0.0680. The smallest absolute Gasteiger partial charge is 0.270 e. The van der Waals surface area contributed by atoms with Gasteiger partial charge < -0.3 is 14.4 Å². The number of fused-ring (bicyclic) bond motifs is 2. The Labute approximate surface area is 175 Å². The van der Waals surface area contributed by atoms with Gasteiger partial charge in [0.2, 0.25) is 0 Å². The lowest BCUT2D eigenvalue weighted by Crippen LogP contribution is -2.50. The number of anilines is 1. The van der Waals surface area contributed by atoms with Crippen molar-refractivity contribution < 1.29 is 4.79 Å². The van der Waals surface area contributed by atoms with E-state index in [1.807, 2.05) is 11.0 Å². The number of rotatable bonds is 4. The molecule has 0 unspecified atom stereocenters. The summed E-state index contributed by atoms with van der Waals surface area (Å²) >= 11 is 1.58. The number of aromatic nitrogens is 2. The molecule has 6 nitrogen and oxygen atoms in total. The topological polar surface area (TPSA) is 44.6 Å². The third-order valence-electron chi connectivity index (χ3n) is 6.44. The molecule has 0 bridgehead atoms. The molecule has 0 saturated carbocycles. The van der Waals surface area contributed by atoms with Crippen molar-refractivity contribution in [3.05, 3.63) is 47.3 Å². The van der Waals surface area contributed by atoms with Crippen molar-refractivity contribution in [1.29, 1.82) is 0 Å². The average molecular weight is 410 g/mol. The van der Waals surface area contributed by atoms with Crippen LogP contribution in [0.3, 0.4) is 0 Å². The van der Waals surface area contributed by atoms with Crippen LogP contribution in [-0.4, -0.2) is 70.5 Å². The Kier molecular flexibility index (Phi) is 4.80. The summed E-state index contributed by atoms with van der Waals surface area (Å²) in [6, 6.07) is 10.5. The predicted octanol–water partition coefficient (Wildman–Crippen LogP) is 2.99. The first-order chi connectivity index (χ1) is 14.1. The van der Waals surface area contributed by atoms with E-state index in [1.165, 1.54) is 21.3 Å². The van der Waals surface area contributed by atoms with Crippen molar-refractivity contribution in [2.75, 3.05) is 50.7 Å². The van der Waals surface area contributed by atoms with Crippen LogP contribution in [0.5, 0.6) is 0 Å². The Morgan fingerprint density at radius 2 is 1.79 bits per heavy atom. The number of hydrogen-bond donors (Lipinski definition) is 0. The number of piperazine rings is 1. The minimum absolute atomic E-state index is 0.181. The molecule has 152 valence electrons. The van der Waals surface area contributed by atoms with Gasteiger partial charge in [0.15, 0.2) is 0 Å². The molecule has 2 aliphatic heterocycles. The molecular formula is C22H27N5OS. The highest BCUT2D eigenvalue weighted by molar-refractivity contribution is 7.13. The fourth-order valence-corrected chi connectivity index (χ4v) is 5.29. The van der Waals surface area contributed by atoms with Crippen molar-refractivity contribution in [2.45, 2.75) is 20.4 Å². The minimum Gasteiger partial charge on any atom is -0.353 e. The molecule has 29 heavy (non-hydrogen) atoms. The van der Waals surface area contributed by atoms with Gasteiger partial charge in [-0.1, -0.05) is 12.1 Å². The van der Waals surface area contributed by atoms with Gasteiger partial charge in [-0.25, -0.2) is 0 Å². The molecule has 0 spiro atoms. The van der Waals surface area contributed by atoms with Gasteiger partial charge in [0, 0.05) is 63.4 Å². The number of carbonyl (C=O) groups excluding carboxylic acids is 1. The Hall–Kier alpha value is -2.38. The fourth-order valence-electron chi connectivity index (χ4n) is 4.49. The highest BCUT2D eigenvalue weighted by Gasteiger charge is 2.27. The summed E-state index contributed by atoms with van der Waals surface area (Å²) < 4.78 is 8.12. The predicted molar refractivity (Wildman–Crippen MR) is 118 cm³/mol. The Bertz CT molecular complexity index is 1050. The average Bonchev–Trinajstić information content (AvgIpc) is 3.30. The first kappa shape index (κ1) is 18.6. The van der Waals surface area contributed by atoms with Gasteiger partial charge in [-0.05, 0) is 49.1 Å². The van der Waals surface area contributed by atoms with Gasteiger partial charge in [-0.15, -0.1) is 0 Å². The molecule has 5 rings (SSSR count). The highest BCUT2D eigenvalue weighted by Crippen LogP contribution is 2.29. The van der Waals surface area contributed by atoms with Crippen molar-refractivity contribution >= 4 is 33.3 Å². The second kappa shape index (κ2) is 7.46. The van der Waals surface area contributed by atoms with Crippen LogP contribution < -0.4 is 4.90 Å². The SMILES string of the molecule is Cc1cc2n(c1C)CCN(CCN1CCN(c3nsc4ccccc34)CC1)C2=O. The van der Waals surface area contributed by atoms with Crippen molar-refractivity contribution in [1.82, 2.24) is 18.7 Å².